The zero-order valence-electron chi connectivity index (χ0n) is 14.3. The maximum absolute atomic E-state index is 12.8. The molecule has 0 saturated heterocycles. The lowest BCUT2D eigenvalue weighted by molar-refractivity contribution is 0.0950. The minimum atomic E-state index is -0.208. The number of carbonyl (C=O) groups excluding carboxylic acids is 1. The summed E-state index contributed by atoms with van der Waals surface area (Å²) in [6.45, 7) is 6.23. The van der Waals surface area contributed by atoms with Gasteiger partial charge in [-0.05, 0) is 33.6 Å². The first-order chi connectivity index (χ1) is 12.0. The summed E-state index contributed by atoms with van der Waals surface area (Å²) in [5.41, 5.74) is 1.79. The van der Waals surface area contributed by atoms with Gasteiger partial charge in [-0.15, -0.1) is 11.3 Å². The highest BCUT2D eigenvalue weighted by atomic mass is 32.1. The summed E-state index contributed by atoms with van der Waals surface area (Å²) in [5.74, 6) is 0.976. The van der Waals surface area contributed by atoms with Gasteiger partial charge >= 0.3 is 0 Å². The average Bonchev–Trinajstić information content (AvgIpc) is 2.99. The number of furan rings is 1. The van der Waals surface area contributed by atoms with Gasteiger partial charge in [0.25, 0.3) is 5.91 Å². The standard InChI is InChI=1S/C17H19N5O2S/c1-9-12(15(23)18-6-11-7-25-10(2)21-11)13-14(22-17(3)4-5-17)19-8-20-16(13)24-9/h7-8H,4-6H2,1-3H3,(H,18,23)(H,19,20,22). The van der Waals surface area contributed by atoms with E-state index in [2.05, 4.69) is 32.5 Å². The minimum Gasteiger partial charge on any atom is -0.442 e. The van der Waals surface area contributed by atoms with E-state index >= 15 is 0 Å². The summed E-state index contributed by atoms with van der Waals surface area (Å²) in [6, 6.07) is 0. The predicted molar refractivity (Wildman–Crippen MR) is 95.8 cm³/mol. The second kappa shape index (κ2) is 5.80. The Bertz CT molecular complexity index is 957. The minimum absolute atomic E-state index is 0.0400. The van der Waals surface area contributed by atoms with Gasteiger partial charge in [0.05, 0.1) is 28.2 Å². The van der Waals surface area contributed by atoms with Gasteiger partial charge < -0.3 is 15.1 Å². The second-order valence-electron chi connectivity index (χ2n) is 6.66. The van der Waals surface area contributed by atoms with Crippen molar-refractivity contribution < 1.29 is 9.21 Å². The molecule has 1 saturated carbocycles. The molecule has 0 aliphatic heterocycles. The lowest BCUT2D eigenvalue weighted by Gasteiger charge is -2.13. The van der Waals surface area contributed by atoms with Crippen LogP contribution in [-0.4, -0.2) is 26.4 Å². The van der Waals surface area contributed by atoms with Crippen molar-refractivity contribution in [3.05, 3.63) is 33.7 Å². The monoisotopic (exact) mass is 357 g/mol. The predicted octanol–water partition coefficient (Wildman–Crippen LogP) is 3.19. The van der Waals surface area contributed by atoms with Gasteiger partial charge in [-0.25, -0.2) is 15.0 Å². The zero-order valence-corrected chi connectivity index (χ0v) is 15.2. The van der Waals surface area contributed by atoms with Crippen LogP contribution in [0.1, 0.15) is 46.6 Å². The first-order valence-electron chi connectivity index (χ1n) is 8.17. The van der Waals surface area contributed by atoms with Crippen molar-refractivity contribution in [1.82, 2.24) is 20.3 Å². The number of nitrogens with one attached hydrogen (secondary N) is 2. The molecular formula is C17H19N5O2S. The van der Waals surface area contributed by atoms with Crippen molar-refractivity contribution >= 4 is 34.2 Å². The highest BCUT2D eigenvalue weighted by molar-refractivity contribution is 7.09. The van der Waals surface area contributed by atoms with Crippen LogP contribution in [0.4, 0.5) is 5.82 Å². The van der Waals surface area contributed by atoms with E-state index in [1.165, 1.54) is 6.33 Å². The highest BCUT2D eigenvalue weighted by Gasteiger charge is 2.38. The van der Waals surface area contributed by atoms with Gasteiger partial charge in [-0.1, -0.05) is 0 Å². The maximum Gasteiger partial charge on any atom is 0.255 e. The molecule has 0 aromatic carbocycles. The number of hydrogen-bond donors (Lipinski definition) is 2. The molecule has 4 rings (SSSR count). The number of aryl methyl sites for hydroxylation is 2. The fourth-order valence-electron chi connectivity index (χ4n) is 2.76. The van der Waals surface area contributed by atoms with Crippen LogP contribution in [0.15, 0.2) is 16.1 Å². The average molecular weight is 357 g/mol. The Kier molecular flexibility index (Phi) is 3.72. The number of thiazole rings is 1. The summed E-state index contributed by atoms with van der Waals surface area (Å²) in [4.78, 5) is 25.6. The summed E-state index contributed by atoms with van der Waals surface area (Å²) < 4.78 is 5.69. The molecule has 1 aliphatic rings. The van der Waals surface area contributed by atoms with Gasteiger partial charge in [0.2, 0.25) is 5.71 Å². The van der Waals surface area contributed by atoms with E-state index in [-0.39, 0.29) is 11.4 Å². The largest absolute Gasteiger partial charge is 0.442 e. The summed E-state index contributed by atoms with van der Waals surface area (Å²) in [6.07, 6.45) is 3.62. The van der Waals surface area contributed by atoms with Gasteiger partial charge in [0.1, 0.15) is 17.9 Å². The Morgan fingerprint density at radius 3 is 2.84 bits per heavy atom. The number of amides is 1. The molecule has 8 heteroatoms. The normalized spacial score (nSPS) is 15.3. The Hall–Kier alpha value is -2.48. The molecule has 2 N–H and O–H groups in total. The lowest BCUT2D eigenvalue weighted by Crippen LogP contribution is -2.24. The summed E-state index contributed by atoms with van der Waals surface area (Å²) in [7, 11) is 0. The molecule has 0 atom stereocenters. The van der Waals surface area contributed by atoms with E-state index in [1.54, 1.807) is 18.3 Å². The van der Waals surface area contributed by atoms with Crippen LogP contribution in [0.5, 0.6) is 0 Å². The van der Waals surface area contributed by atoms with E-state index in [9.17, 15) is 4.79 Å². The van der Waals surface area contributed by atoms with Crippen molar-refractivity contribution in [3.63, 3.8) is 0 Å². The molecule has 130 valence electrons. The van der Waals surface area contributed by atoms with E-state index in [0.29, 0.717) is 34.8 Å². The van der Waals surface area contributed by atoms with Gasteiger partial charge in [0.15, 0.2) is 0 Å². The molecule has 3 aromatic rings. The van der Waals surface area contributed by atoms with E-state index in [0.717, 1.165) is 23.5 Å². The van der Waals surface area contributed by atoms with E-state index < -0.39 is 0 Å². The van der Waals surface area contributed by atoms with Crippen LogP contribution in [0.3, 0.4) is 0 Å². The second-order valence-corrected chi connectivity index (χ2v) is 7.72. The topological polar surface area (TPSA) is 92.9 Å². The number of nitrogens with zero attached hydrogens (tertiary/aromatic N) is 3. The fourth-order valence-corrected chi connectivity index (χ4v) is 3.37. The Morgan fingerprint density at radius 1 is 1.36 bits per heavy atom. The molecule has 7 nitrogen and oxygen atoms in total. The number of fused-ring (bicyclic) bond motifs is 1. The fraction of sp³-hybridized carbons (Fsp3) is 0.412. The van der Waals surface area contributed by atoms with Crippen LogP contribution in [0, 0.1) is 13.8 Å². The molecule has 1 amide bonds. The van der Waals surface area contributed by atoms with Gasteiger partial charge in [0, 0.05) is 10.9 Å². The number of anilines is 1. The van der Waals surface area contributed by atoms with Gasteiger partial charge in [-0.2, -0.15) is 0 Å². The van der Waals surface area contributed by atoms with Gasteiger partial charge in [-0.3, -0.25) is 4.79 Å². The number of rotatable bonds is 5. The first kappa shape index (κ1) is 16.0. The van der Waals surface area contributed by atoms with Crippen LogP contribution in [0.2, 0.25) is 0 Å². The zero-order chi connectivity index (χ0) is 17.6. The van der Waals surface area contributed by atoms with Crippen molar-refractivity contribution in [2.45, 2.75) is 45.7 Å². The molecular weight excluding hydrogens is 338 g/mol. The van der Waals surface area contributed by atoms with Crippen LogP contribution in [-0.2, 0) is 6.54 Å². The summed E-state index contributed by atoms with van der Waals surface area (Å²) in [5, 5.41) is 9.90. The molecule has 0 bridgehead atoms. The smallest absolute Gasteiger partial charge is 0.255 e. The summed E-state index contributed by atoms with van der Waals surface area (Å²) >= 11 is 1.56. The van der Waals surface area contributed by atoms with Crippen molar-refractivity contribution in [3.8, 4) is 0 Å². The van der Waals surface area contributed by atoms with Crippen LogP contribution >= 0.6 is 11.3 Å². The number of carbonyl (C=O) groups is 1. The number of aromatic nitrogens is 3. The molecule has 1 aliphatic carbocycles. The SMILES string of the molecule is Cc1nc(CNC(=O)c2c(C)oc3ncnc(NC4(C)CC4)c23)cs1. The molecule has 0 radical (unpaired) electrons. The highest BCUT2D eigenvalue weighted by Crippen LogP contribution is 2.40. The van der Waals surface area contributed by atoms with Crippen molar-refractivity contribution in [1.29, 1.82) is 0 Å². The van der Waals surface area contributed by atoms with Crippen molar-refractivity contribution in [2.24, 2.45) is 0 Å². The lowest BCUT2D eigenvalue weighted by atomic mass is 10.1. The molecule has 3 aromatic heterocycles. The Labute approximate surface area is 148 Å². The Balaban J connectivity index is 1.65. The van der Waals surface area contributed by atoms with Crippen molar-refractivity contribution in [2.75, 3.05) is 5.32 Å². The quantitative estimate of drug-likeness (QED) is 0.728. The van der Waals surface area contributed by atoms with Crippen LogP contribution in [0.25, 0.3) is 11.1 Å². The molecule has 1 fully saturated rings. The third kappa shape index (κ3) is 3.09. The first-order valence-corrected chi connectivity index (χ1v) is 9.05. The Morgan fingerprint density at radius 2 is 2.16 bits per heavy atom. The molecule has 25 heavy (non-hydrogen) atoms. The van der Waals surface area contributed by atoms with E-state index in [4.69, 9.17) is 4.42 Å². The van der Waals surface area contributed by atoms with E-state index in [1.807, 2.05) is 12.3 Å². The third-order valence-electron chi connectivity index (χ3n) is 4.41. The van der Waals surface area contributed by atoms with Crippen LogP contribution < -0.4 is 10.6 Å². The number of hydrogen-bond acceptors (Lipinski definition) is 7. The molecule has 0 spiro atoms. The maximum atomic E-state index is 12.8. The third-order valence-corrected chi connectivity index (χ3v) is 5.23. The molecule has 0 unspecified atom stereocenters. The molecule has 3 heterocycles.